The van der Waals surface area contributed by atoms with E-state index in [9.17, 15) is 13.0 Å². The summed E-state index contributed by atoms with van der Waals surface area (Å²) >= 11 is 0. The van der Waals surface area contributed by atoms with Gasteiger partial charge in [0.15, 0.2) is 0 Å². The van der Waals surface area contributed by atoms with E-state index in [0.29, 0.717) is 0 Å². The number of rotatable bonds is 7. The van der Waals surface area contributed by atoms with Crippen molar-refractivity contribution in [2.24, 2.45) is 0 Å². The lowest BCUT2D eigenvalue weighted by atomic mass is 10.2. The third kappa shape index (κ3) is 13.8. The second-order valence-electron chi connectivity index (χ2n) is 4.37. The van der Waals surface area contributed by atoms with E-state index in [1.54, 1.807) is 0 Å². The third-order valence-corrected chi connectivity index (χ3v) is 2.90. The first-order valence-corrected chi connectivity index (χ1v) is 7.43. The molecule has 0 atom stereocenters. The van der Waals surface area contributed by atoms with Crippen molar-refractivity contribution in [1.82, 2.24) is 0 Å². The summed E-state index contributed by atoms with van der Waals surface area (Å²) in [6, 6.07) is 0. The van der Waals surface area contributed by atoms with E-state index in [-0.39, 0.29) is 0 Å². The van der Waals surface area contributed by atoms with Crippen molar-refractivity contribution in [2.45, 2.75) is 40.0 Å². The molecule has 0 aliphatic rings. The molecular formula is C11H27NO4S. The van der Waals surface area contributed by atoms with Crippen LogP contribution in [0.15, 0.2) is 0 Å². The Morgan fingerprint density at radius 1 is 1.00 bits per heavy atom. The van der Waals surface area contributed by atoms with Crippen molar-refractivity contribution in [1.29, 1.82) is 0 Å². The molecule has 0 aromatic rings. The predicted molar refractivity (Wildman–Crippen MR) is 68.4 cm³/mol. The van der Waals surface area contributed by atoms with Crippen molar-refractivity contribution in [3.05, 3.63) is 0 Å². The standard InChI is InChI=1S/C10H24N.CH4O4S/c1-5-8-11(4,9-6-2)10-7-3;1-5-6(2,3)4/h5-10H2,1-4H3;1H3,(H,2,3,4)/q+1;/p-1. The van der Waals surface area contributed by atoms with Crippen LogP contribution in [0.25, 0.3) is 0 Å². The van der Waals surface area contributed by atoms with Gasteiger partial charge in [-0.3, -0.25) is 4.18 Å². The minimum Gasteiger partial charge on any atom is -0.726 e. The second-order valence-corrected chi connectivity index (χ2v) is 5.52. The minimum absolute atomic E-state index is 0.808. The molecule has 6 heteroatoms. The highest BCUT2D eigenvalue weighted by Crippen LogP contribution is 2.06. The maximum atomic E-state index is 9.22. The fourth-order valence-electron chi connectivity index (χ4n) is 1.95. The molecule has 17 heavy (non-hydrogen) atoms. The maximum absolute atomic E-state index is 9.22. The van der Waals surface area contributed by atoms with Crippen molar-refractivity contribution in [3.8, 4) is 0 Å². The molecule has 0 radical (unpaired) electrons. The molecule has 0 aliphatic heterocycles. The van der Waals surface area contributed by atoms with E-state index in [1.807, 2.05) is 0 Å². The normalized spacial score (nSPS) is 11.9. The molecule has 5 nitrogen and oxygen atoms in total. The molecule has 106 valence electrons. The van der Waals surface area contributed by atoms with Crippen LogP contribution in [0, 0.1) is 0 Å². The minimum atomic E-state index is -4.41. The molecule has 0 aromatic carbocycles. The Morgan fingerprint density at radius 2 is 1.24 bits per heavy atom. The zero-order valence-electron chi connectivity index (χ0n) is 11.7. The summed E-state index contributed by atoms with van der Waals surface area (Å²) in [6.07, 6.45) is 3.95. The van der Waals surface area contributed by atoms with Gasteiger partial charge in [-0.05, 0) is 19.3 Å². The first kappa shape index (κ1) is 19.2. The summed E-state index contributed by atoms with van der Waals surface area (Å²) in [4.78, 5) is 0. The largest absolute Gasteiger partial charge is 0.726 e. The van der Waals surface area contributed by atoms with Gasteiger partial charge in [0.25, 0.3) is 0 Å². The molecule has 0 aliphatic carbocycles. The molecule has 0 spiro atoms. The number of quaternary nitrogens is 1. The van der Waals surface area contributed by atoms with Crippen molar-refractivity contribution >= 4 is 10.4 Å². The van der Waals surface area contributed by atoms with Crippen molar-refractivity contribution in [2.75, 3.05) is 33.8 Å². The molecule has 0 heterocycles. The molecule has 0 saturated carbocycles. The van der Waals surface area contributed by atoms with E-state index in [0.717, 1.165) is 7.11 Å². The number of hydrogen-bond donors (Lipinski definition) is 0. The van der Waals surface area contributed by atoms with Crippen LogP contribution in [-0.4, -0.2) is 51.2 Å². The Kier molecular flexibility index (Phi) is 11.1. The van der Waals surface area contributed by atoms with Gasteiger partial charge in [-0.25, -0.2) is 8.42 Å². The molecule has 0 amide bonds. The predicted octanol–water partition coefficient (Wildman–Crippen LogP) is 1.76. The smallest absolute Gasteiger partial charge is 0.217 e. The molecule has 0 N–H and O–H groups in total. The maximum Gasteiger partial charge on any atom is 0.217 e. The zero-order valence-corrected chi connectivity index (χ0v) is 12.5. The SMILES string of the molecule is CCC[N+](C)(CCC)CCC.COS(=O)(=O)[O-]. The molecule has 0 aromatic heterocycles. The topological polar surface area (TPSA) is 66.4 Å². The lowest BCUT2D eigenvalue weighted by molar-refractivity contribution is -0.909. The van der Waals surface area contributed by atoms with Crippen molar-refractivity contribution < 1.29 is 21.6 Å². The Balaban J connectivity index is 0. The Bertz CT molecular complexity index is 248. The summed E-state index contributed by atoms with van der Waals surface area (Å²) in [5, 5.41) is 0. The van der Waals surface area contributed by atoms with Crippen LogP contribution in [0.4, 0.5) is 0 Å². The van der Waals surface area contributed by atoms with E-state index < -0.39 is 10.4 Å². The molecule has 0 rings (SSSR count). The van der Waals surface area contributed by atoms with E-state index in [4.69, 9.17) is 0 Å². The lowest BCUT2D eigenvalue weighted by Crippen LogP contribution is -2.45. The monoisotopic (exact) mass is 269 g/mol. The van der Waals surface area contributed by atoms with Gasteiger partial charge in [-0.2, -0.15) is 0 Å². The Hall–Kier alpha value is -0.170. The fourth-order valence-corrected chi connectivity index (χ4v) is 1.95. The van der Waals surface area contributed by atoms with Crippen LogP contribution in [0.5, 0.6) is 0 Å². The summed E-state index contributed by atoms with van der Waals surface area (Å²) in [6.45, 7) is 10.9. The molecule has 0 unspecified atom stereocenters. The first-order valence-electron chi connectivity index (χ1n) is 6.09. The van der Waals surface area contributed by atoms with Gasteiger partial charge < -0.3 is 9.04 Å². The zero-order chi connectivity index (χ0) is 13.9. The molecule has 0 fully saturated rings. The third-order valence-electron chi connectivity index (χ3n) is 2.49. The van der Waals surface area contributed by atoms with Crippen LogP contribution in [-0.2, 0) is 14.6 Å². The van der Waals surface area contributed by atoms with Gasteiger partial charge in [0.2, 0.25) is 10.4 Å². The number of nitrogens with zero attached hydrogens (tertiary/aromatic N) is 1. The van der Waals surface area contributed by atoms with Gasteiger partial charge in [-0.15, -0.1) is 0 Å². The van der Waals surface area contributed by atoms with E-state index in [1.165, 1.54) is 43.4 Å². The van der Waals surface area contributed by atoms with Crippen LogP contribution in [0.2, 0.25) is 0 Å². The molecule has 0 saturated heterocycles. The van der Waals surface area contributed by atoms with E-state index in [2.05, 4.69) is 32.0 Å². The van der Waals surface area contributed by atoms with E-state index >= 15 is 0 Å². The molecule has 0 bridgehead atoms. The average Bonchev–Trinajstić information content (AvgIpc) is 2.18. The average molecular weight is 269 g/mol. The molecular weight excluding hydrogens is 242 g/mol. The van der Waals surface area contributed by atoms with Crippen LogP contribution < -0.4 is 0 Å². The van der Waals surface area contributed by atoms with Gasteiger partial charge in [0, 0.05) is 0 Å². The summed E-state index contributed by atoms with van der Waals surface area (Å²) < 4.78 is 32.3. The van der Waals surface area contributed by atoms with Crippen LogP contribution in [0.1, 0.15) is 40.0 Å². The highest BCUT2D eigenvalue weighted by Gasteiger charge is 2.16. The van der Waals surface area contributed by atoms with Gasteiger partial charge in [0.05, 0.1) is 33.8 Å². The van der Waals surface area contributed by atoms with Crippen LogP contribution in [0.3, 0.4) is 0 Å². The summed E-state index contributed by atoms with van der Waals surface area (Å²) in [7, 11) is -1.22. The van der Waals surface area contributed by atoms with Crippen molar-refractivity contribution in [3.63, 3.8) is 0 Å². The summed E-state index contributed by atoms with van der Waals surface area (Å²) in [5.41, 5.74) is 0. The Morgan fingerprint density at radius 3 is 1.35 bits per heavy atom. The lowest BCUT2D eigenvalue weighted by Gasteiger charge is -2.33. The fraction of sp³-hybridized carbons (Fsp3) is 1.00. The quantitative estimate of drug-likeness (QED) is 0.401. The Labute approximate surface area is 106 Å². The summed E-state index contributed by atoms with van der Waals surface area (Å²) in [5.74, 6) is 0. The second kappa shape index (κ2) is 9.82. The number of hydrogen-bond acceptors (Lipinski definition) is 4. The van der Waals surface area contributed by atoms with Gasteiger partial charge in [0.1, 0.15) is 0 Å². The first-order chi connectivity index (χ1) is 7.74. The van der Waals surface area contributed by atoms with Gasteiger partial charge in [-0.1, -0.05) is 20.8 Å². The van der Waals surface area contributed by atoms with Crippen LogP contribution >= 0.6 is 0 Å². The highest BCUT2D eigenvalue weighted by molar-refractivity contribution is 7.80. The van der Waals surface area contributed by atoms with Gasteiger partial charge >= 0.3 is 0 Å². The highest BCUT2D eigenvalue weighted by atomic mass is 32.3.